The van der Waals surface area contributed by atoms with Crippen LogP contribution in [0.25, 0.3) is 17.3 Å². The lowest BCUT2D eigenvalue weighted by Gasteiger charge is -2.37. The first kappa shape index (κ1) is 36.3. The summed E-state index contributed by atoms with van der Waals surface area (Å²) in [5.74, 6) is -0.296. The largest absolute Gasteiger partial charge is 0.418 e. The highest BCUT2D eigenvalue weighted by Crippen LogP contribution is 2.39. The quantitative estimate of drug-likeness (QED) is 0.113. The fraction of sp³-hybridized carbons (Fsp3) is 0.424. The zero-order valence-electron chi connectivity index (χ0n) is 26.6. The van der Waals surface area contributed by atoms with Crippen LogP contribution in [0.2, 0.25) is 18.1 Å². The van der Waals surface area contributed by atoms with Gasteiger partial charge in [0.25, 0.3) is 15.1 Å². The van der Waals surface area contributed by atoms with Gasteiger partial charge in [-0.1, -0.05) is 69.8 Å². The van der Waals surface area contributed by atoms with Crippen LogP contribution in [0.5, 0.6) is 0 Å². The maximum absolute atomic E-state index is 14.0. The number of allylic oxidation sites excluding steroid dienone is 3. The molecule has 0 spiro atoms. The van der Waals surface area contributed by atoms with Crippen LogP contribution in [0.15, 0.2) is 80.1 Å². The Balaban J connectivity index is 1.93. The highest BCUT2D eigenvalue weighted by molar-refractivity contribution is 7.94. The van der Waals surface area contributed by atoms with E-state index < -0.39 is 46.9 Å². The topological polar surface area (TPSA) is 89.5 Å². The van der Waals surface area contributed by atoms with Crippen LogP contribution in [0, 0.1) is 0 Å². The summed E-state index contributed by atoms with van der Waals surface area (Å²) in [4.78, 5) is 4.15. The summed E-state index contributed by atoms with van der Waals surface area (Å²) in [6.45, 7) is 18.8. The van der Waals surface area contributed by atoms with Gasteiger partial charge in [0.15, 0.2) is 8.32 Å². The molecule has 0 amide bonds. The van der Waals surface area contributed by atoms with E-state index >= 15 is 0 Å². The predicted molar refractivity (Wildman–Crippen MR) is 178 cm³/mol. The van der Waals surface area contributed by atoms with Crippen molar-refractivity contribution in [3.8, 4) is 11.3 Å². The molecule has 7 nitrogen and oxygen atoms in total. The molecular weight excluding hydrogens is 620 g/mol. The minimum atomic E-state index is -4.73. The third kappa shape index (κ3) is 8.96. The summed E-state index contributed by atoms with van der Waals surface area (Å²) in [6.07, 6.45) is 6.11. The molecule has 246 valence electrons. The first-order valence-corrected chi connectivity index (χ1v) is 19.2. The molecule has 2 heterocycles. The SMILES string of the molecule is C=CCCC(CCCO[Si](C)(C)C(C)(C)C)OC1(S(=O)(=O)Nc2ccc(C(F)(F)F)c(-c3ccccc3C=C)n2)C=CC=CN1. The van der Waals surface area contributed by atoms with Crippen LogP contribution >= 0.6 is 0 Å². The molecule has 1 aliphatic rings. The Labute approximate surface area is 266 Å². The fourth-order valence-corrected chi connectivity index (χ4v) is 6.85. The highest BCUT2D eigenvalue weighted by atomic mass is 32.2. The summed E-state index contributed by atoms with van der Waals surface area (Å²) in [5, 5.41) is 0.820. The Kier molecular flexibility index (Phi) is 11.7. The van der Waals surface area contributed by atoms with Crippen LogP contribution in [-0.2, 0) is 25.4 Å². The maximum atomic E-state index is 14.0. The molecule has 2 aromatic rings. The van der Waals surface area contributed by atoms with Gasteiger partial charge in [0.05, 0.1) is 17.4 Å². The molecule has 2 atom stereocenters. The Hall–Kier alpha value is -3.19. The molecule has 0 saturated carbocycles. The molecular formula is C33H44F3N3O4SSi. The zero-order valence-corrected chi connectivity index (χ0v) is 28.4. The lowest BCUT2D eigenvalue weighted by atomic mass is 10.00. The van der Waals surface area contributed by atoms with Crippen LogP contribution in [0.3, 0.4) is 0 Å². The van der Waals surface area contributed by atoms with Crippen molar-refractivity contribution in [2.45, 2.75) is 81.9 Å². The molecule has 1 aliphatic heterocycles. The monoisotopic (exact) mass is 663 g/mol. The van der Waals surface area contributed by atoms with Crippen molar-refractivity contribution >= 4 is 30.2 Å². The third-order valence-electron chi connectivity index (χ3n) is 8.06. The van der Waals surface area contributed by atoms with Gasteiger partial charge in [0.1, 0.15) is 5.82 Å². The molecule has 0 bridgehead atoms. The number of ether oxygens (including phenoxy) is 1. The number of rotatable bonds is 15. The summed E-state index contributed by atoms with van der Waals surface area (Å²) in [7, 11) is -6.45. The number of benzene rings is 1. The zero-order chi connectivity index (χ0) is 33.5. The van der Waals surface area contributed by atoms with Gasteiger partial charge in [0, 0.05) is 18.4 Å². The maximum Gasteiger partial charge on any atom is 0.418 e. The number of dihydropyridines is 1. The van der Waals surface area contributed by atoms with E-state index in [1.165, 1.54) is 30.5 Å². The van der Waals surface area contributed by atoms with Gasteiger partial charge in [-0.25, -0.2) is 13.4 Å². The fourth-order valence-electron chi connectivity index (χ4n) is 4.48. The van der Waals surface area contributed by atoms with E-state index in [9.17, 15) is 21.6 Å². The van der Waals surface area contributed by atoms with E-state index in [0.717, 1.165) is 12.1 Å². The number of alkyl halides is 3. The molecule has 2 unspecified atom stereocenters. The summed E-state index contributed by atoms with van der Waals surface area (Å²) >= 11 is 0. The van der Waals surface area contributed by atoms with Crippen LogP contribution in [-0.4, -0.2) is 39.5 Å². The lowest BCUT2D eigenvalue weighted by Crippen LogP contribution is -2.55. The number of halogens is 3. The van der Waals surface area contributed by atoms with Crippen molar-refractivity contribution in [3.63, 3.8) is 0 Å². The van der Waals surface area contributed by atoms with E-state index in [1.807, 2.05) is 0 Å². The Morgan fingerprint density at radius 3 is 2.40 bits per heavy atom. The van der Waals surface area contributed by atoms with Gasteiger partial charge in [-0.2, -0.15) is 13.2 Å². The van der Waals surface area contributed by atoms with Crippen molar-refractivity contribution in [2.24, 2.45) is 0 Å². The molecule has 12 heteroatoms. The van der Waals surface area contributed by atoms with E-state index in [2.05, 4.69) is 62.0 Å². The van der Waals surface area contributed by atoms with E-state index in [0.29, 0.717) is 37.9 Å². The Morgan fingerprint density at radius 2 is 1.80 bits per heavy atom. The van der Waals surface area contributed by atoms with Gasteiger partial charge in [-0.05, 0) is 73.7 Å². The van der Waals surface area contributed by atoms with Crippen LogP contribution in [0.1, 0.15) is 57.6 Å². The minimum absolute atomic E-state index is 0.0542. The van der Waals surface area contributed by atoms with Gasteiger partial charge in [0.2, 0.25) is 0 Å². The van der Waals surface area contributed by atoms with Crippen LogP contribution in [0.4, 0.5) is 19.0 Å². The lowest BCUT2D eigenvalue weighted by molar-refractivity contribution is -0.137. The second-order valence-corrected chi connectivity index (χ2v) is 19.0. The van der Waals surface area contributed by atoms with E-state index in [1.54, 1.807) is 30.4 Å². The molecule has 0 fully saturated rings. The van der Waals surface area contributed by atoms with Crippen molar-refractivity contribution in [1.82, 2.24) is 10.3 Å². The molecule has 3 rings (SSSR count). The van der Waals surface area contributed by atoms with Gasteiger partial charge in [-0.15, -0.1) is 6.58 Å². The van der Waals surface area contributed by atoms with Crippen molar-refractivity contribution < 1.29 is 30.8 Å². The number of nitrogens with zero attached hydrogens (tertiary/aromatic N) is 1. The smallest absolute Gasteiger partial charge is 0.417 e. The summed E-state index contributed by atoms with van der Waals surface area (Å²) in [5.41, 5.74) is -0.852. The predicted octanol–water partition coefficient (Wildman–Crippen LogP) is 8.63. The molecule has 45 heavy (non-hydrogen) atoms. The normalized spacial score (nSPS) is 17.9. The average molecular weight is 664 g/mol. The number of nitrogens with one attached hydrogen (secondary N) is 2. The van der Waals surface area contributed by atoms with Crippen molar-refractivity contribution in [1.29, 1.82) is 0 Å². The van der Waals surface area contributed by atoms with E-state index in [-0.39, 0.29) is 16.4 Å². The average Bonchev–Trinajstić information content (AvgIpc) is 2.97. The molecule has 2 N–H and O–H groups in total. The molecule has 1 aromatic carbocycles. The number of hydrogen-bond acceptors (Lipinski definition) is 6. The van der Waals surface area contributed by atoms with Gasteiger partial charge in [-0.3, -0.25) is 4.72 Å². The highest BCUT2D eigenvalue weighted by Gasteiger charge is 2.46. The van der Waals surface area contributed by atoms with Gasteiger partial charge < -0.3 is 14.5 Å². The van der Waals surface area contributed by atoms with Crippen LogP contribution < -0.4 is 10.0 Å². The number of pyridine rings is 1. The molecule has 0 saturated heterocycles. The number of sulfonamides is 1. The number of anilines is 1. The first-order chi connectivity index (χ1) is 21.0. The Morgan fingerprint density at radius 1 is 1.09 bits per heavy atom. The third-order valence-corrected chi connectivity index (χ3v) is 14.2. The number of aromatic nitrogens is 1. The summed E-state index contributed by atoms with van der Waals surface area (Å²) in [6, 6.07) is 8.13. The Bertz CT molecular complexity index is 1520. The second kappa shape index (κ2) is 14.5. The molecule has 0 aliphatic carbocycles. The molecule has 1 aromatic heterocycles. The minimum Gasteiger partial charge on any atom is -0.417 e. The summed E-state index contributed by atoms with van der Waals surface area (Å²) < 4.78 is 85.1. The van der Waals surface area contributed by atoms with E-state index in [4.69, 9.17) is 9.16 Å². The first-order valence-electron chi connectivity index (χ1n) is 14.8. The van der Waals surface area contributed by atoms with Crippen molar-refractivity contribution in [3.05, 3.63) is 91.2 Å². The second-order valence-electron chi connectivity index (χ2n) is 12.4. The molecule has 0 radical (unpaired) electrons. The standard InChI is InChI=1S/C33H44F3N3O4SSi/c1-8-10-17-26(18-15-24-42-45(6,7)31(3,4)5)43-32(22-13-14-23-37-32)44(40,41)39-29-21-20-28(33(34,35)36)30(38-29)27-19-12-11-16-25(27)9-2/h8-9,11-14,16,19-23,26,37H,1-2,10,15,17-18,24H2,3-7H3,(H,38,39). The van der Waals surface area contributed by atoms with Gasteiger partial charge >= 0.3 is 6.18 Å². The number of hydrogen-bond donors (Lipinski definition) is 2. The van der Waals surface area contributed by atoms with Crippen molar-refractivity contribution in [2.75, 3.05) is 11.3 Å².